The Kier molecular flexibility index (Phi) is 5.61. The van der Waals surface area contributed by atoms with E-state index in [0.717, 1.165) is 30.8 Å². The Balaban J connectivity index is 1.68. The Hall–Kier alpha value is -2.34. The second-order valence-corrected chi connectivity index (χ2v) is 7.03. The number of nitrogens with one attached hydrogen (secondary N) is 1. The van der Waals surface area contributed by atoms with Crippen molar-refractivity contribution in [2.45, 2.75) is 52.2 Å². The van der Waals surface area contributed by atoms with E-state index in [0.29, 0.717) is 23.8 Å². The fourth-order valence-electron chi connectivity index (χ4n) is 3.43. The third-order valence-corrected chi connectivity index (χ3v) is 4.86. The summed E-state index contributed by atoms with van der Waals surface area (Å²) in [6, 6.07) is 6.75. The van der Waals surface area contributed by atoms with Gasteiger partial charge in [0.05, 0.1) is 17.3 Å². The first kappa shape index (κ1) is 18.5. The summed E-state index contributed by atoms with van der Waals surface area (Å²) in [5, 5.41) is 2.84. The fraction of sp³-hybridized carbons (Fsp3) is 0.450. The summed E-state index contributed by atoms with van der Waals surface area (Å²) < 4.78 is 12.9. The zero-order valence-electron chi connectivity index (χ0n) is 15.5. The Morgan fingerprint density at radius 2 is 2.08 bits per heavy atom. The predicted molar refractivity (Wildman–Crippen MR) is 98.2 cm³/mol. The van der Waals surface area contributed by atoms with Crippen LogP contribution in [0.1, 0.15) is 60.2 Å². The number of amides is 1. The number of likely N-dealkylation sites (tertiary alicyclic amines) is 1. The highest BCUT2D eigenvalue weighted by Crippen LogP contribution is 2.31. The molecule has 0 aliphatic carbocycles. The molecule has 0 bridgehead atoms. The van der Waals surface area contributed by atoms with Crippen LogP contribution in [0.2, 0.25) is 0 Å². The van der Waals surface area contributed by atoms with Crippen LogP contribution in [0.15, 0.2) is 30.5 Å². The van der Waals surface area contributed by atoms with Crippen LogP contribution < -0.4 is 5.32 Å². The number of aromatic nitrogens is 2. The number of hydrogen-bond donors (Lipinski definition) is 1. The number of carbonyl (C=O) groups is 1. The number of halogens is 1. The Morgan fingerprint density at radius 1 is 1.35 bits per heavy atom. The van der Waals surface area contributed by atoms with Crippen LogP contribution in [0.3, 0.4) is 0 Å². The van der Waals surface area contributed by atoms with Crippen molar-refractivity contribution in [1.29, 1.82) is 0 Å². The zero-order valence-corrected chi connectivity index (χ0v) is 15.5. The van der Waals surface area contributed by atoms with Gasteiger partial charge in [0.1, 0.15) is 11.6 Å². The molecule has 0 unspecified atom stereocenters. The van der Waals surface area contributed by atoms with E-state index < -0.39 is 0 Å². The summed E-state index contributed by atoms with van der Waals surface area (Å²) in [6.45, 7) is 7.60. The number of nitrogens with zero attached hydrogens (tertiary/aromatic N) is 3. The predicted octanol–water partition coefficient (Wildman–Crippen LogP) is 3.40. The molecule has 1 saturated heterocycles. The summed E-state index contributed by atoms with van der Waals surface area (Å²) in [5.74, 6) is 0.288. The Bertz CT molecular complexity index is 776. The molecule has 1 N–H and O–H groups in total. The van der Waals surface area contributed by atoms with E-state index in [4.69, 9.17) is 0 Å². The molecule has 1 atom stereocenters. The molecule has 0 radical (unpaired) electrons. The highest BCUT2D eigenvalue weighted by molar-refractivity contribution is 5.94. The van der Waals surface area contributed by atoms with E-state index in [-0.39, 0.29) is 17.8 Å². The highest BCUT2D eigenvalue weighted by atomic mass is 19.1. The van der Waals surface area contributed by atoms with Gasteiger partial charge in [-0.1, -0.05) is 12.1 Å². The molecular weight excluding hydrogens is 331 g/mol. The normalized spacial score (nSPS) is 17.7. The molecule has 0 saturated carbocycles. The van der Waals surface area contributed by atoms with Crippen LogP contribution >= 0.6 is 0 Å². The van der Waals surface area contributed by atoms with Crippen molar-refractivity contribution >= 4 is 5.91 Å². The lowest BCUT2D eigenvalue weighted by atomic mass is 10.1. The van der Waals surface area contributed by atoms with Gasteiger partial charge in [0.25, 0.3) is 5.91 Å². The molecule has 2 aromatic rings. The number of carbonyl (C=O) groups excluding carboxylic acids is 1. The maximum Gasteiger partial charge on any atom is 0.254 e. The number of hydrogen-bond acceptors (Lipinski definition) is 4. The SMILES string of the molecule is Cc1nc([C@H]2CCCN2C(C)C)ncc1C(=O)NCc1ccc(F)cc1. The Morgan fingerprint density at radius 3 is 2.73 bits per heavy atom. The van der Waals surface area contributed by atoms with Gasteiger partial charge in [-0.2, -0.15) is 0 Å². The summed E-state index contributed by atoms with van der Waals surface area (Å²) in [4.78, 5) is 23.9. The van der Waals surface area contributed by atoms with Gasteiger partial charge in [0.2, 0.25) is 0 Å². The molecular formula is C20H25FN4O. The fourth-order valence-corrected chi connectivity index (χ4v) is 3.43. The minimum absolute atomic E-state index is 0.217. The van der Waals surface area contributed by atoms with E-state index in [9.17, 15) is 9.18 Å². The first-order valence-corrected chi connectivity index (χ1v) is 9.07. The molecule has 1 aliphatic heterocycles. The third-order valence-electron chi connectivity index (χ3n) is 4.86. The molecule has 138 valence electrons. The van der Waals surface area contributed by atoms with Gasteiger partial charge in [-0.25, -0.2) is 14.4 Å². The van der Waals surface area contributed by atoms with Crippen LogP contribution in [-0.4, -0.2) is 33.4 Å². The lowest BCUT2D eigenvalue weighted by molar-refractivity contribution is 0.0949. The average Bonchev–Trinajstić information content (AvgIpc) is 3.11. The van der Waals surface area contributed by atoms with Gasteiger partial charge in [-0.3, -0.25) is 9.69 Å². The van der Waals surface area contributed by atoms with Gasteiger partial charge in [-0.15, -0.1) is 0 Å². The molecule has 1 aliphatic rings. The lowest BCUT2D eigenvalue weighted by Gasteiger charge is -2.27. The van der Waals surface area contributed by atoms with Crippen molar-refractivity contribution in [1.82, 2.24) is 20.2 Å². The molecule has 1 fully saturated rings. The highest BCUT2D eigenvalue weighted by Gasteiger charge is 2.30. The van der Waals surface area contributed by atoms with Crippen LogP contribution in [0.25, 0.3) is 0 Å². The van der Waals surface area contributed by atoms with Crippen LogP contribution in [0.5, 0.6) is 0 Å². The van der Waals surface area contributed by atoms with Crippen LogP contribution in [0, 0.1) is 12.7 Å². The zero-order chi connectivity index (χ0) is 18.7. The van der Waals surface area contributed by atoms with E-state index in [1.165, 1.54) is 12.1 Å². The third kappa shape index (κ3) is 4.07. The molecule has 0 spiro atoms. The van der Waals surface area contributed by atoms with Gasteiger partial charge in [-0.05, 0) is 57.9 Å². The number of rotatable bonds is 5. The number of benzene rings is 1. The quantitative estimate of drug-likeness (QED) is 0.892. The summed E-state index contributed by atoms with van der Waals surface area (Å²) in [5.41, 5.74) is 2.00. The second-order valence-electron chi connectivity index (χ2n) is 7.03. The van der Waals surface area contributed by atoms with Gasteiger partial charge in [0, 0.05) is 18.8 Å². The molecule has 1 aromatic carbocycles. The van der Waals surface area contributed by atoms with Crippen molar-refractivity contribution in [3.8, 4) is 0 Å². The van der Waals surface area contributed by atoms with Gasteiger partial charge in [0.15, 0.2) is 0 Å². The maximum absolute atomic E-state index is 12.9. The average molecular weight is 356 g/mol. The van der Waals surface area contributed by atoms with E-state index in [2.05, 4.69) is 34.0 Å². The topological polar surface area (TPSA) is 58.1 Å². The largest absolute Gasteiger partial charge is 0.348 e. The van der Waals surface area contributed by atoms with Crippen molar-refractivity contribution in [2.75, 3.05) is 6.54 Å². The summed E-state index contributed by atoms with van der Waals surface area (Å²) in [7, 11) is 0. The monoisotopic (exact) mass is 356 g/mol. The van der Waals surface area contributed by atoms with E-state index in [1.807, 2.05) is 6.92 Å². The standard InChI is InChI=1S/C20H25FN4O/c1-13(2)25-10-4-5-18(25)19-22-12-17(14(3)24-19)20(26)23-11-15-6-8-16(21)9-7-15/h6-9,12-13,18H,4-5,10-11H2,1-3H3,(H,23,26)/t18-/m1/s1. The molecule has 5 nitrogen and oxygen atoms in total. The lowest BCUT2D eigenvalue weighted by Crippen LogP contribution is -2.31. The van der Waals surface area contributed by atoms with Crippen molar-refractivity contribution in [3.63, 3.8) is 0 Å². The van der Waals surface area contributed by atoms with Gasteiger partial charge >= 0.3 is 0 Å². The Labute approximate surface area is 153 Å². The smallest absolute Gasteiger partial charge is 0.254 e. The number of aryl methyl sites for hydroxylation is 1. The van der Waals surface area contributed by atoms with Gasteiger partial charge < -0.3 is 5.32 Å². The van der Waals surface area contributed by atoms with Crippen LogP contribution in [0.4, 0.5) is 4.39 Å². The minimum Gasteiger partial charge on any atom is -0.348 e. The first-order chi connectivity index (χ1) is 12.5. The minimum atomic E-state index is -0.290. The van der Waals surface area contributed by atoms with Crippen LogP contribution in [-0.2, 0) is 6.54 Å². The van der Waals surface area contributed by atoms with Crippen molar-refractivity contribution < 1.29 is 9.18 Å². The molecule has 1 amide bonds. The molecule has 3 rings (SSSR count). The van der Waals surface area contributed by atoms with E-state index >= 15 is 0 Å². The molecule has 6 heteroatoms. The summed E-state index contributed by atoms with van der Waals surface area (Å²) in [6.07, 6.45) is 3.81. The van der Waals surface area contributed by atoms with E-state index in [1.54, 1.807) is 18.3 Å². The first-order valence-electron chi connectivity index (χ1n) is 9.07. The maximum atomic E-state index is 12.9. The van der Waals surface area contributed by atoms with Crippen molar-refractivity contribution in [3.05, 3.63) is 58.9 Å². The second kappa shape index (κ2) is 7.91. The molecule has 2 heterocycles. The van der Waals surface area contributed by atoms with Crippen molar-refractivity contribution in [2.24, 2.45) is 0 Å². The summed E-state index contributed by atoms with van der Waals surface area (Å²) >= 11 is 0. The molecule has 1 aromatic heterocycles. The molecule has 26 heavy (non-hydrogen) atoms.